The number of carbonyl (C=O) groups is 1. The van der Waals surface area contributed by atoms with Crippen LogP contribution in [-0.4, -0.2) is 22.8 Å². The van der Waals surface area contributed by atoms with Crippen LogP contribution in [-0.2, 0) is 9.53 Å². The summed E-state index contributed by atoms with van der Waals surface area (Å²) in [6, 6.07) is -3.53. The summed E-state index contributed by atoms with van der Waals surface area (Å²) in [6.07, 6.45) is -11.0. The van der Waals surface area contributed by atoms with E-state index in [1.54, 1.807) is 0 Å². The maximum absolute atomic E-state index is 12.1. The Morgan fingerprint density at radius 2 is 1.43 bits per heavy atom. The third kappa shape index (κ3) is 3.18. The zero-order valence-electron chi connectivity index (χ0n) is 5.84. The van der Waals surface area contributed by atoms with E-state index < -0.39 is 22.8 Å². The average molecular weight is 265 g/mol. The molecule has 0 heterocycles. The molecule has 0 saturated heterocycles. The molecular formula is C4Cl2F6O2. The predicted molar refractivity (Wildman–Crippen MR) is 32.6 cm³/mol. The Balaban J connectivity index is 4.76. The van der Waals surface area contributed by atoms with Gasteiger partial charge in [0.25, 0.3) is 0 Å². The first-order valence-corrected chi connectivity index (χ1v) is 3.38. The number of carbonyl (C=O) groups excluding carboxylic acids is 1. The lowest BCUT2D eigenvalue weighted by atomic mass is 10.6. The molecule has 0 fully saturated rings. The third-order valence-electron chi connectivity index (χ3n) is 0.815. The predicted octanol–water partition coefficient (Wildman–Crippen LogP) is 2.79. The van der Waals surface area contributed by atoms with Gasteiger partial charge in [-0.2, -0.15) is 26.3 Å². The van der Waals surface area contributed by atoms with Crippen LogP contribution in [0.3, 0.4) is 0 Å². The van der Waals surface area contributed by atoms with E-state index in [9.17, 15) is 31.1 Å². The van der Waals surface area contributed by atoms with Gasteiger partial charge in [0.1, 0.15) is 0 Å². The monoisotopic (exact) mass is 264 g/mol. The second kappa shape index (κ2) is 3.74. The highest BCUT2D eigenvalue weighted by atomic mass is 35.5. The fraction of sp³-hybridized carbons (Fsp3) is 0.750. The number of alkyl halides is 7. The second-order valence-corrected chi connectivity index (χ2v) is 3.14. The summed E-state index contributed by atoms with van der Waals surface area (Å²) in [7, 11) is 0. The van der Waals surface area contributed by atoms with Crippen LogP contribution in [0.5, 0.6) is 0 Å². The van der Waals surface area contributed by atoms with Crippen LogP contribution < -0.4 is 0 Å². The van der Waals surface area contributed by atoms with Crippen molar-refractivity contribution in [3.63, 3.8) is 0 Å². The van der Waals surface area contributed by atoms with Crippen molar-refractivity contribution < 1.29 is 35.9 Å². The van der Waals surface area contributed by atoms with Gasteiger partial charge in [-0.3, -0.25) is 4.79 Å². The van der Waals surface area contributed by atoms with Gasteiger partial charge in [-0.1, -0.05) is 23.2 Å². The first-order chi connectivity index (χ1) is 5.90. The Labute approximate surface area is 82.7 Å². The largest absolute Gasteiger partial charge is 0.453 e. The summed E-state index contributed by atoms with van der Waals surface area (Å²) in [5.41, 5.74) is 0. The van der Waals surface area contributed by atoms with E-state index in [-0.39, 0.29) is 0 Å². The molecule has 0 unspecified atom stereocenters. The molecule has 0 aliphatic carbocycles. The molecule has 0 rings (SSSR count). The van der Waals surface area contributed by atoms with Crippen molar-refractivity contribution in [2.75, 3.05) is 0 Å². The fourth-order valence-corrected chi connectivity index (χ4v) is 0.336. The molecule has 0 saturated carbocycles. The van der Waals surface area contributed by atoms with Crippen molar-refractivity contribution in [1.29, 1.82) is 0 Å². The number of halogens is 8. The van der Waals surface area contributed by atoms with Crippen molar-refractivity contribution in [3.8, 4) is 0 Å². The van der Waals surface area contributed by atoms with E-state index in [1.165, 1.54) is 0 Å². The smallest absolute Gasteiger partial charge is 0.251 e. The third-order valence-corrected chi connectivity index (χ3v) is 1.26. The summed E-state index contributed by atoms with van der Waals surface area (Å²) in [5.74, 6) is 0. The summed E-state index contributed by atoms with van der Waals surface area (Å²) in [6.45, 7) is 0. The number of rotatable bonds is 4. The molecule has 84 valence electrons. The molecule has 0 aliphatic heterocycles. The standard InChI is InChI=1S/C4Cl2F6O2/c5-3(6,10)4(11,12)14-2(8,9)1(7)13. The molecule has 14 heavy (non-hydrogen) atoms. The van der Waals surface area contributed by atoms with E-state index in [0.717, 1.165) is 0 Å². The lowest BCUT2D eigenvalue weighted by Crippen LogP contribution is -2.45. The van der Waals surface area contributed by atoms with Gasteiger partial charge in [-0.05, 0) is 0 Å². The summed E-state index contributed by atoms with van der Waals surface area (Å²) in [4.78, 5) is 9.39. The van der Waals surface area contributed by atoms with E-state index in [1.807, 2.05) is 0 Å². The molecule has 0 spiro atoms. The number of hydrogen-bond donors (Lipinski definition) is 0. The highest BCUT2D eigenvalue weighted by Gasteiger charge is 2.62. The van der Waals surface area contributed by atoms with E-state index >= 15 is 0 Å². The van der Waals surface area contributed by atoms with E-state index in [4.69, 9.17) is 0 Å². The molecule has 0 amide bonds. The maximum atomic E-state index is 12.1. The van der Waals surface area contributed by atoms with Gasteiger partial charge in [0.2, 0.25) is 0 Å². The second-order valence-electron chi connectivity index (χ2n) is 1.91. The highest BCUT2D eigenvalue weighted by molar-refractivity contribution is 6.47. The van der Waals surface area contributed by atoms with Gasteiger partial charge in [-0.15, -0.1) is 0 Å². The summed E-state index contributed by atoms with van der Waals surface area (Å²) in [5, 5.41) is 0. The van der Waals surface area contributed by atoms with Crippen LogP contribution in [0.15, 0.2) is 0 Å². The Morgan fingerprint density at radius 1 is 1.07 bits per heavy atom. The molecule has 0 aromatic heterocycles. The van der Waals surface area contributed by atoms with E-state index in [2.05, 4.69) is 27.9 Å². The molecule has 2 nitrogen and oxygen atoms in total. The Hall–Kier alpha value is -0.210. The molecule has 0 aromatic carbocycles. The minimum atomic E-state index is -5.52. The van der Waals surface area contributed by atoms with Crippen LogP contribution >= 0.6 is 23.2 Å². The first kappa shape index (κ1) is 13.8. The maximum Gasteiger partial charge on any atom is 0.453 e. The number of hydrogen-bond acceptors (Lipinski definition) is 2. The van der Waals surface area contributed by atoms with Crippen molar-refractivity contribution in [1.82, 2.24) is 0 Å². The summed E-state index contributed by atoms with van der Waals surface area (Å²) >= 11 is 8.18. The van der Waals surface area contributed by atoms with Gasteiger partial charge >= 0.3 is 22.8 Å². The Bertz CT molecular complexity index is 236. The van der Waals surface area contributed by atoms with Crippen LogP contribution in [0.25, 0.3) is 0 Å². The van der Waals surface area contributed by atoms with Crippen LogP contribution in [0.2, 0.25) is 0 Å². The minimum Gasteiger partial charge on any atom is -0.251 e. The Morgan fingerprint density at radius 3 is 1.64 bits per heavy atom. The Kier molecular flexibility index (Phi) is 3.69. The normalized spacial score (nSPS) is 14.3. The van der Waals surface area contributed by atoms with Gasteiger partial charge in [-0.25, -0.2) is 4.74 Å². The van der Waals surface area contributed by atoms with Gasteiger partial charge in [0.15, 0.2) is 0 Å². The first-order valence-electron chi connectivity index (χ1n) is 2.62. The molecule has 10 heteroatoms. The SMILES string of the molecule is O=C(F)C(F)(F)OC(F)(F)C(F)(Cl)Cl. The van der Waals surface area contributed by atoms with Crippen LogP contribution in [0.1, 0.15) is 0 Å². The molecule has 0 atom stereocenters. The molecule has 0 bridgehead atoms. The fourth-order valence-electron chi connectivity index (χ4n) is 0.259. The minimum absolute atomic E-state index is 2.22. The number of ether oxygens (including phenoxy) is 1. The zero-order chi connectivity index (χ0) is 11.8. The van der Waals surface area contributed by atoms with E-state index in [0.29, 0.717) is 0 Å². The van der Waals surface area contributed by atoms with Crippen molar-refractivity contribution in [2.45, 2.75) is 16.8 Å². The van der Waals surface area contributed by atoms with Crippen LogP contribution in [0, 0.1) is 0 Å². The highest BCUT2D eigenvalue weighted by Crippen LogP contribution is 2.43. The molecule has 0 aromatic rings. The molecule has 0 radical (unpaired) electrons. The van der Waals surface area contributed by atoms with Crippen molar-refractivity contribution in [2.24, 2.45) is 0 Å². The average Bonchev–Trinajstić information content (AvgIpc) is 1.80. The van der Waals surface area contributed by atoms with Crippen molar-refractivity contribution >= 4 is 29.2 Å². The van der Waals surface area contributed by atoms with Gasteiger partial charge in [0, 0.05) is 0 Å². The quantitative estimate of drug-likeness (QED) is 0.443. The molecular weight excluding hydrogens is 265 g/mol. The summed E-state index contributed by atoms with van der Waals surface area (Å²) < 4.78 is 69.1. The van der Waals surface area contributed by atoms with Gasteiger partial charge in [0.05, 0.1) is 0 Å². The lowest BCUT2D eigenvalue weighted by molar-refractivity contribution is -0.375. The van der Waals surface area contributed by atoms with Crippen LogP contribution in [0.4, 0.5) is 26.3 Å². The van der Waals surface area contributed by atoms with Crippen molar-refractivity contribution in [3.05, 3.63) is 0 Å². The van der Waals surface area contributed by atoms with Gasteiger partial charge < -0.3 is 0 Å². The lowest BCUT2D eigenvalue weighted by Gasteiger charge is -2.24. The molecule has 0 aliphatic rings. The molecule has 0 N–H and O–H groups in total. The zero-order valence-corrected chi connectivity index (χ0v) is 7.35. The topological polar surface area (TPSA) is 26.3 Å².